The zero-order valence-corrected chi connectivity index (χ0v) is 20.4. The van der Waals surface area contributed by atoms with Gasteiger partial charge in [-0.25, -0.2) is 9.48 Å². The molecule has 1 heterocycles. The van der Waals surface area contributed by atoms with Gasteiger partial charge < -0.3 is 19.6 Å². The number of ether oxygens (including phenoxy) is 2. The number of carbonyl (C=O) groups is 2. The van der Waals surface area contributed by atoms with Crippen molar-refractivity contribution in [1.29, 1.82) is 0 Å². The fourth-order valence-electron chi connectivity index (χ4n) is 2.62. The van der Waals surface area contributed by atoms with E-state index in [0.29, 0.717) is 16.6 Å². The number of halogens is 1. The predicted octanol–water partition coefficient (Wildman–Crippen LogP) is 3.60. The van der Waals surface area contributed by atoms with E-state index in [1.165, 1.54) is 28.4 Å². The molecule has 0 spiro atoms. The topological polar surface area (TPSA) is 117 Å². The number of methoxy groups -OCH3 is 1. The zero-order valence-electron chi connectivity index (χ0n) is 19.7. The van der Waals surface area contributed by atoms with E-state index in [9.17, 15) is 9.59 Å². The summed E-state index contributed by atoms with van der Waals surface area (Å²) in [5.74, 6) is 0.175. The standard InChI is InChI=1S/C19H18ClN3O4.C4H8N2O2/c1-25-19(24)23(26-2)17-6-4-3-5-14(17)13-27-18-11-12-22(21-18)16-9-7-15(20)8-10-16;1-5-4(7)3-6-8-2/h3-12H,13H2,1-2H3;3H,1-2H3,(H,5,7)/b;6-3+. The van der Waals surface area contributed by atoms with Crippen molar-refractivity contribution in [2.75, 3.05) is 33.4 Å². The fraction of sp³-hybridized carbons (Fsp3) is 0.217. The predicted molar refractivity (Wildman–Crippen MR) is 131 cm³/mol. The van der Waals surface area contributed by atoms with E-state index in [4.69, 9.17) is 25.9 Å². The maximum absolute atomic E-state index is 11.9. The second-order valence-electron chi connectivity index (χ2n) is 6.47. The first-order valence-electron chi connectivity index (χ1n) is 10.2. The first-order chi connectivity index (χ1) is 16.9. The maximum atomic E-state index is 11.9. The minimum atomic E-state index is -0.628. The van der Waals surface area contributed by atoms with Crippen LogP contribution in [0.4, 0.5) is 10.5 Å². The van der Waals surface area contributed by atoms with Gasteiger partial charge in [-0.05, 0) is 30.3 Å². The van der Waals surface area contributed by atoms with E-state index in [1.807, 2.05) is 24.3 Å². The molecule has 0 aliphatic rings. The molecule has 2 amide bonds. The van der Waals surface area contributed by atoms with E-state index in [1.54, 1.807) is 41.2 Å². The molecule has 2 aromatic carbocycles. The van der Waals surface area contributed by atoms with Crippen molar-refractivity contribution in [3.05, 3.63) is 71.4 Å². The number of oxime groups is 1. The first-order valence-corrected chi connectivity index (χ1v) is 10.5. The number of carbonyl (C=O) groups excluding carboxylic acids is 2. The average molecular weight is 504 g/mol. The molecule has 0 aliphatic heterocycles. The molecule has 1 N–H and O–H groups in total. The Morgan fingerprint density at radius 1 is 1.11 bits per heavy atom. The molecule has 35 heavy (non-hydrogen) atoms. The number of nitrogens with one attached hydrogen (secondary N) is 1. The number of amides is 2. The van der Waals surface area contributed by atoms with Gasteiger partial charge in [0, 0.05) is 29.9 Å². The smallest absolute Gasteiger partial charge is 0.438 e. The molecule has 186 valence electrons. The highest BCUT2D eigenvalue weighted by Crippen LogP contribution is 2.23. The van der Waals surface area contributed by atoms with Gasteiger partial charge in [-0.1, -0.05) is 35.0 Å². The molecule has 12 heteroatoms. The molecule has 0 saturated heterocycles. The summed E-state index contributed by atoms with van der Waals surface area (Å²) in [6, 6.07) is 16.3. The third-order valence-corrected chi connectivity index (χ3v) is 4.54. The molecule has 0 bridgehead atoms. The Labute approximate surface area is 207 Å². The lowest BCUT2D eigenvalue weighted by Gasteiger charge is -2.20. The number of hydrogen-bond acceptors (Lipinski definition) is 8. The zero-order chi connectivity index (χ0) is 25.6. The van der Waals surface area contributed by atoms with Gasteiger partial charge in [-0.2, -0.15) is 5.06 Å². The third kappa shape index (κ3) is 8.32. The number of hydrogen-bond donors (Lipinski definition) is 1. The molecule has 3 rings (SSSR count). The number of nitrogens with zero attached hydrogens (tertiary/aromatic N) is 4. The highest BCUT2D eigenvalue weighted by Gasteiger charge is 2.19. The Morgan fingerprint density at radius 3 is 2.46 bits per heavy atom. The van der Waals surface area contributed by atoms with Crippen LogP contribution in [0.25, 0.3) is 5.69 Å². The Bertz CT molecular complexity index is 1120. The Kier molecular flexibility index (Phi) is 11.0. The molecule has 3 aromatic rings. The summed E-state index contributed by atoms with van der Waals surface area (Å²) in [4.78, 5) is 31.4. The van der Waals surface area contributed by atoms with Crippen molar-refractivity contribution >= 4 is 35.5 Å². The average Bonchev–Trinajstić information content (AvgIpc) is 3.36. The van der Waals surface area contributed by atoms with Crippen LogP contribution in [0.1, 0.15) is 5.56 Å². The van der Waals surface area contributed by atoms with Gasteiger partial charge in [0.2, 0.25) is 5.88 Å². The molecule has 0 fully saturated rings. The van der Waals surface area contributed by atoms with Crippen LogP contribution in [0.3, 0.4) is 0 Å². The number of para-hydroxylation sites is 1. The minimum absolute atomic E-state index is 0.199. The lowest BCUT2D eigenvalue weighted by molar-refractivity contribution is -0.114. The second-order valence-corrected chi connectivity index (χ2v) is 6.91. The molecule has 1 aromatic heterocycles. The number of hydroxylamine groups is 1. The Hall–Kier alpha value is -4.09. The van der Waals surface area contributed by atoms with Crippen LogP contribution in [0.15, 0.2) is 65.9 Å². The number of aromatic nitrogens is 2. The normalized spacial score (nSPS) is 10.2. The molecule has 0 saturated carbocycles. The SMILES string of the molecule is CNC(=O)/C=N/OC.COC(=O)N(OC)c1ccccc1COc1ccn(-c2ccc(Cl)cc2)n1. The monoisotopic (exact) mass is 503 g/mol. The quantitative estimate of drug-likeness (QED) is 0.368. The van der Waals surface area contributed by atoms with Gasteiger partial charge in [0.25, 0.3) is 5.91 Å². The molecule has 0 unspecified atom stereocenters. The Morgan fingerprint density at radius 2 is 1.83 bits per heavy atom. The van der Waals surface area contributed by atoms with Crippen molar-refractivity contribution in [3.63, 3.8) is 0 Å². The van der Waals surface area contributed by atoms with Crippen molar-refractivity contribution in [3.8, 4) is 11.6 Å². The highest BCUT2D eigenvalue weighted by molar-refractivity contribution is 6.30. The summed E-state index contributed by atoms with van der Waals surface area (Å²) in [6.07, 6.45) is 2.22. The molecule has 0 atom stereocenters. The van der Waals surface area contributed by atoms with Crippen LogP contribution >= 0.6 is 11.6 Å². The van der Waals surface area contributed by atoms with Crippen LogP contribution in [-0.4, -0.2) is 56.4 Å². The van der Waals surface area contributed by atoms with Gasteiger partial charge in [0.05, 0.1) is 25.6 Å². The summed E-state index contributed by atoms with van der Waals surface area (Å²) in [5, 5.41) is 11.6. The molecule has 0 aliphatic carbocycles. The second kappa shape index (κ2) is 14.2. The van der Waals surface area contributed by atoms with Gasteiger partial charge in [-0.15, -0.1) is 5.10 Å². The van der Waals surface area contributed by atoms with E-state index >= 15 is 0 Å². The van der Waals surface area contributed by atoms with Crippen molar-refractivity contribution < 1.29 is 28.7 Å². The van der Waals surface area contributed by atoms with Gasteiger partial charge in [0.15, 0.2) is 0 Å². The number of anilines is 1. The van der Waals surface area contributed by atoms with Crippen LogP contribution in [0.5, 0.6) is 5.88 Å². The summed E-state index contributed by atoms with van der Waals surface area (Å²) in [7, 11) is 5.57. The van der Waals surface area contributed by atoms with E-state index in [0.717, 1.165) is 22.5 Å². The largest absolute Gasteiger partial charge is 0.472 e. The third-order valence-electron chi connectivity index (χ3n) is 4.29. The molecular weight excluding hydrogens is 478 g/mol. The number of benzene rings is 2. The molecule has 11 nitrogen and oxygen atoms in total. The summed E-state index contributed by atoms with van der Waals surface area (Å²) in [5.41, 5.74) is 2.14. The fourth-order valence-corrected chi connectivity index (χ4v) is 2.75. The van der Waals surface area contributed by atoms with Crippen LogP contribution in [0, 0.1) is 0 Å². The van der Waals surface area contributed by atoms with Crippen LogP contribution in [-0.2, 0) is 25.8 Å². The molecular formula is C23H26ClN5O6. The van der Waals surface area contributed by atoms with Gasteiger partial charge in [0.1, 0.15) is 19.9 Å². The van der Waals surface area contributed by atoms with E-state index in [-0.39, 0.29) is 12.5 Å². The first kappa shape index (κ1) is 27.2. The van der Waals surface area contributed by atoms with Crippen LogP contribution < -0.4 is 15.1 Å². The highest BCUT2D eigenvalue weighted by atomic mass is 35.5. The summed E-state index contributed by atoms with van der Waals surface area (Å²) in [6.45, 7) is 0.199. The summed E-state index contributed by atoms with van der Waals surface area (Å²) >= 11 is 5.91. The van der Waals surface area contributed by atoms with Crippen LogP contribution in [0.2, 0.25) is 5.02 Å². The lowest BCUT2D eigenvalue weighted by Crippen LogP contribution is -2.30. The van der Waals surface area contributed by atoms with E-state index < -0.39 is 6.09 Å². The van der Waals surface area contributed by atoms with Gasteiger partial charge >= 0.3 is 6.09 Å². The van der Waals surface area contributed by atoms with Crippen molar-refractivity contribution in [1.82, 2.24) is 15.1 Å². The minimum Gasteiger partial charge on any atom is -0.472 e. The van der Waals surface area contributed by atoms with E-state index in [2.05, 4.69) is 20.4 Å². The van der Waals surface area contributed by atoms with Crippen molar-refractivity contribution in [2.45, 2.75) is 6.61 Å². The van der Waals surface area contributed by atoms with Gasteiger partial charge in [-0.3, -0.25) is 9.63 Å². The number of rotatable bonds is 8. The maximum Gasteiger partial charge on any atom is 0.438 e. The van der Waals surface area contributed by atoms with Crippen molar-refractivity contribution in [2.24, 2.45) is 5.16 Å². The summed E-state index contributed by atoms with van der Waals surface area (Å²) < 4.78 is 12.2. The lowest BCUT2D eigenvalue weighted by atomic mass is 10.2. The Balaban J connectivity index is 0.000000466. The molecule has 0 radical (unpaired) electrons.